The molecule has 6 nitrogen and oxygen atoms in total. The molecule has 1 aromatic carbocycles. The van der Waals surface area contributed by atoms with Crippen molar-refractivity contribution in [2.24, 2.45) is 0 Å². The number of sulfonamides is 1. The largest absolute Gasteiger partial charge is 0.345 e. The molecule has 1 amide bonds. The third-order valence-electron chi connectivity index (χ3n) is 3.50. The first kappa shape index (κ1) is 17.2. The Morgan fingerprint density at radius 2 is 2.00 bits per heavy atom. The minimum atomic E-state index is -3.71. The van der Waals surface area contributed by atoms with Crippen molar-refractivity contribution in [2.45, 2.75) is 11.3 Å². The molecule has 0 radical (unpaired) electrons. The molecule has 1 aliphatic heterocycles. The predicted molar refractivity (Wildman–Crippen MR) is 85.7 cm³/mol. The van der Waals surface area contributed by atoms with Crippen LogP contribution in [-0.2, 0) is 10.0 Å². The van der Waals surface area contributed by atoms with Gasteiger partial charge in [0.15, 0.2) is 0 Å². The Labute approximate surface area is 136 Å². The highest BCUT2D eigenvalue weighted by atomic mass is 35.5. The SMILES string of the molecule is CN(C)C(=O)c1ccc(Cl)c(S(=O)(=O)N2CCCNCC2)c1. The van der Waals surface area contributed by atoms with E-state index in [2.05, 4.69) is 5.32 Å². The van der Waals surface area contributed by atoms with Crippen LogP contribution in [0.1, 0.15) is 16.8 Å². The standard InChI is InChI=1S/C14H20ClN3O3S/c1-17(2)14(19)11-4-5-12(15)13(10-11)22(20,21)18-8-3-6-16-7-9-18/h4-5,10,16H,3,6-9H2,1-2H3. The second kappa shape index (κ2) is 6.95. The zero-order valence-corrected chi connectivity index (χ0v) is 14.2. The fraction of sp³-hybridized carbons (Fsp3) is 0.500. The normalized spacial score (nSPS) is 17.0. The third kappa shape index (κ3) is 3.60. The molecule has 122 valence electrons. The second-order valence-electron chi connectivity index (χ2n) is 5.35. The molecule has 1 N–H and O–H groups in total. The number of carbonyl (C=O) groups is 1. The number of amides is 1. The van der Waals surface area contributed by atoms with Gasteiger partial charge >= 0.3 is 0 Å². The van der Waals surface area contributed by atoms with Crippen molar-refractivity contribution in [2.75, 3.05) is 40.3 Å². The average Bonchev–Trinajstić information content (AvgIpc) is 2.76. The zero-order valence-electron chi connectivity index (χ0n) is 12.7. The van der Waals surface area contributed by atoms with Gasteiger partial charge in [-0.3, -0.25) is 4.79 Å². The molecule has 0 atom stereocenters. The second-order valence-corrected chi connectivity index (χ2v) is 7.67. The quantitative estimate of drug-likeness (QED) is 0.888. The maximum atomic E-state index is 12.8. The minimum absolute atomic E-state index is 0.0104. The zero-order chi connectivity index (χ0) is 16.3. The molecule has 0 aliphatic carbocycles. The summed E-state index contributed by atoms with van der Waals surface area (Å²) in [5.41, 5.74) is 0.306. The van der Waals surface area contributed by atoms with E-state index >= 15 is 0 Å². The van der Waals surface area contributed by atoms with Crippen LogP contribution in [0.15, 0.2) is 23.1 Å². The Morgan fingerprint density at radius 3 is 2.68 bits per heavy atom. The molecular formula is C14H20ClN3O3S. The van der Waals surface area contributed by atoms with E-state index in [0.717, 1.165) is 13.0 Å². The summed E-state index contributed by atoms with van der Waals surface area (Å²) < 4.78 is 27.0. The van der Waals surface area contributed by atoms with Gasteiger partial charge in [0, 0.05) is 39.3 Å². The molecule has 0 aromatic heterocycles. The number of rotatable bonds is 3. The molecule has 1 saturated heterocycles. The van der Waals surface area contributed by atoms with E-state index in [0.29, 0.717) is 25.2 Å². The van der Waals surface area contributed by atoms with Gasteiger partial charge in [-0.05, 0) is 31.2 Å². The monoisotopic (exact) mass is 345 g/mol. The lowest BCUT2D eigenvalue weighted by Gasteiger charge is -2.21. The van der Waals surface area contributed by atoms with Gasteiger partial charge in [0.25, 0.3) is 5.91 Å². The van der Waals surface area contributed by atoms with Crippen molar-refractivity contribution in [3.63, 3.8) is 0 Å². The van der Waals surface area contributed by atoms with Crippen LogP contribution >= 0.6 is 11.6 Å². The van der Waals surface area contributed by atoms with Crippen LogP contribution in [0.5, 0.6) is 0 Å². The van der Waals surface area contributed by atoms with Crippen molar-refractivity contribution in [1.82, 2.24) is 14.5 Å². The Morgan fingerprint density at radius 1 is 1.27 bits per heavy atom. The Bertz CT molecular complexity index is 653. The van der Waals surface area contributed by atoms with Crippen LogP contribution in [0.25, 0.3) is 0 Å². The lowest BCUT2D eigenvalue weighted by atomic mass is 10.2. The maximum absolute atomic E-state index is 12.8. The number of benzene rings is 1. The summed E-state index contributed by atoms with van der Waals surface area (Å²) in [7, 11) is -0.474. The summed E-state index contributed by atoms with van der Waals surface area (Å²) in [4.78, 5) is 13.4. The van der Waals surface area contributed by atoms with E-state index < -0.39 is 10.0 Å². The summed E-state index contributed by atoms with van der Waals surface area (Å²) in [5.74, 6) is -0.259. The van der Waals surface area contributed by atoms with E-state index in [4.69, 9.17) is 11.6 Å². The van der Waals surface area contributed by atoms with Crippen LogP contribution in [0.2, 0.25) is 5.02 Å². The predicted octanol–water partition coefficient (Wildman–Crippen LogP) is 1.03. The van der Waals surface area contributed by atoms with Crippen molar-refractivity contribution in [1.29, 1.82) is 0 Å². The highest BCUT2D eigenvalue weighted by Crippen LogP contribution is 2.26. The van der Waals surface area contributed by atoms with Crippen molar-refractivity contribution < 1.29 is 13.2 Å². The molecule has 0 spiro atoms. The smallest absolute Gasteiger partial charge is 0.253 e. The lowest BCUT2D eigenvalue weighted by Crippen LogP contribution is -2.34. The molecular weight excluding hydrogens is 326 g/mol. The highest BCUT2D eigenvalue weighted by molar-refractivity contribution is 7.89. The fourth-order valence-electron chi connectivity index (χ4n) is 2.29. The summed E-state index contributed by atoms with van der Waals surface area (Å²) in [5, 5.41) is 3.29. The van der Waals surface area contributed by atoms with Gasteiger partial charge < -0.3 is 10.2 Å². The van der Waals surface area contributed by atoms with Gasteiger partial charge in [-0.2, -0.15) is 4.31 Å². The van der Waals surface area contributed by atoms with Crippen LogP contribution in [0, 0.1) is 0 Å². The molecule has 1 fully saturated rings. The van der Waals surface area contributed by atoms with Crippen molar-refractivity contribution >= 4 is 27.5 Å². The summed E-state index contributed by atoms with van der Waals surface area (Å²) in [6, 6.07) is 4.35. The number of nitrogens with zero attached hydrogens (tertiary/aromatic N) is 2. The minimum Gasteiger partial charge on any atom is -0.345 e. The van der Waals surface area contributed by atoms with Crippen LogP contribution in [-0.4, -0.2) is 63.8 Å². The Balaban J connectivity index is 2.41. The number of hydrogen-bond donors (Lipinski definition) is 1. The van der Waals surface area contributed by atoms with Gasteiger partial charge in [0.05, 0.1) is 5.02 Å². The molecule has 1 aliphatic rings. The van der Waals surface area contributed by atoms with Crippen LogP contribution in [0.3, 0.4) is 0 Å². The molecule has 1 heterocycles. The Hall–Kier alpha value is -1.15. The molecule has 0 bridgehead atoms. The fourth-order valence-corrected chi connectivity index (χ4v) is 4.27. The van der Waals surface area contributed by atoms with Crippen molar-refractivity contribution in [3.8, 4) is 0 Å². The number of hydrogen-bond acceptors (Lipinski definition) is 4. The molecule has 2 rings (SSSR count). The summed E-state index contributed by atoms with van der Waals surface area (Å²) in [6.07, 6.45) is 0.743. The van der Waals surface area contributed by atoms with E-state index in [1.807, 2.05) is 0 Å². The van der Waals surface area contributed by atoms with Gasteiger partial charge in [0.2, 0.25) is 10.0 Å². The van der Waals surface area contributed by atoms with E-state index in [1.54, 1.807) is 14.1 Å². The van der Waals surface area contributed by atoms with E-state index in [9.17, 15) is 13.2 Å². The molecule has 1 aromatic rings. The number of nitrogens with one attached hydrogen (secondary N) is 1. The van der Waals surface area contributed by atoms with E-state index in [1.165, 1.54) is 27.4 Å². The Kier molecular flexibility index (Phi) is 5.44. The van der Waals surface area contributed by atoms with Crippen LogP contribution in [0.4, 0.5) is 0 Å². The highest BCUT2D eigenvalue weighted by Gasteiger charge is 2.28. The van der Waals surface area contributed by atoms with Crippen molar-refractivity contribution in [3.05, 3.63) is 28.8 Å². The summed E-state index contributed by atoms with van der Waals surface area (Å²) >= 11 is 6.08. The topological polar surface area (TPSA) is 69.7 Å². The van der Waals surface area contributed by atoms with Gasteiger partial charge in [0.1, 0.15) is 4.90 Å². The van der Waals surface area contributed by atoms with Gasteiger partial charge in [-0.25, -0.2) is 8.42 Å². The van der Waals surface area contributed by atoms with Gasteiger partial charge in [-0.1, -0.05) is 11.6 Å². The molecule has 8 heteroatoms. The molecule has 0 unspecified atom stereocenters. The maximum Gasteiger partial charge on any atom is 0.253 e. The first-order chi connectivity index (χ1) is 10.3. The molecule has 22 heavy (non-hydrogen) atoms. The lowest BCUT2D eigenvalue weighted by molar-refractivity contribution is 0.0827. The summed E-state index contributed by atoms with van der Waals surface area (Å²) in [6.45, 7) is 2.23. The number of halogens is 1. The first-order valence-corrected chi connectivity index (χ1v) is 8.88. The van der Waals surface area contributed by atoms with Crippen LogP contribution < -0.4 is 5.32 Å². The average molecular weight is 346 g/mol. The van der Waals surface area contributed by atoms with E-state index in [-0.39, 0.29) is 15.8 Å². The third-order valence-corrected chi connectivity index (χ3v) is 5.88. The van der Waals surface area contributed by atoms with Gasteiger partial charge in [-0.15, -0.1) is 0 Å². The number of carbonyl (C=O) groups excluding carboxylic acids is 1. The molecule has 0 saturated carbocycles. The first-order valence-electron chi connectivity index (χ1n) is 7.06.